The van der Waals surface area contributed by atoms with Gasteiger partial charge in [-0.05, 0) is 18.4 Å². The van der Waals surface area contributed by atoms with Crippen molar-refractivity contribution in [2.75, 3.05) is 19.8 Å². The van der Waals surface area contributed by atoms with Crippen LogP contribution >= 0.6 is 0 Å². The molecule has 122 valence electrons. The summed E-state index contributed by atoms with van der Waals surface area (Å²) >= 11 is 0. The Morgan fingerprint density at radius 2 is 2.00 bits per heavy atom. The molecule has 1 aliphatic rings. The molecule has 22 heavy (non-hydrogen) atoms. The summed E-state index contributed by atoms with van der Waals surface area (Å²) in [6.07, 6.45) is 1.68. The summed E-state index contributed by atoms with van der Waals surface area (Å²) in [7, 11) is 0. The lowest BCUT2D eigenvalue weighted by Gasteiger charge is -2.38. The molecule has 1 aliphatic heterocycles. The topological polar surface area (TPSA) is 49.8 Å². The number of benzene rings is 1. The first-order valence-corrected chi connectivity index (χ1v) is 8.28. The van der Waals surface area contributed by atoms with Gasteiger partial charge in [0.1, 0.15) is 0 Å². The largest absolute Gasteiger partial charge is 0.388 e. The molecule has 0 bridgehead atoms. The van der Waals surface area contributed by atoms with Crippen LogP contribution in [0.5, 0.6) is 0 Å². The average Bonchev–Trinajstić information content (AvgIpc) is 2.57. The molecular weight excluding hydrogens is 278 g/mol. The number of amides is 1. The van der Waals surface area contributed by atoms with E-state index in [9.17, 15) is 9.90 Å². The number of ether oxygens (including phenoxy) is 1. The Hall–Kier alpha value is -1.39. The van der Waals surface area contributed by atoms with Crippen molar-refractivity contribution in [3.8, 4) is 0 Å². The zero-order valence-corrected chi connectivity index (χ0v) is 13.6. The molecule has 1 heterocycles. The lowest BCUT2D eigenvalue weighted by molar-refractivity contribution is -0.145. The molecule has 0 spiro atoms. The van der Waals surface area contributed by atoms with Crippen molar-refractivity contribution in [3.05, 3.63) is 35.9 Å². The molecule has 4 heteroatoms. The first-order valence-electron chi connectivity index (χ1n) is 8.28. The minimum Gasteiger partial charge on any atom is -0.388 e. The van der Waals surface area contributed by atoms with Gasteiger partial charge in [-0.1, -0.05) is 44.2 Å². The molecule has 0 aliphatic carbocycles. The number of nitrogens with zero attached hydrogens (tertiary/aromatic N) is 1. The maximum atomic E-state index is 12.7. The fourth-order valence-electron chi connectivity index (χ4n) is 3.08. The summed E-state index contributed by atoms with van der Waals surface area (Å²) in [5.74, 6) is 0.285. The molecule has 1 amide bonds. The Kier molecular flexibility index (Phi) is 6.40. The van der Waals surface area contributed by atoms with Crippen LogP contribution in [0.15, 0.2) is 30.3 Å². The highest BCUT2D eigenvalue weighted by atomic mass is 16.5. The molecule has 0 unspecified atom stereocenters. The SMILES string of the molecule is CCC(CC)C(=O)N1CCOC[C@@H]1C[C@H](O)c1ccccc1. The number of aliphatic hydroxyl groups is 1. The second kappa shape index (κ2) is 8.30. The summed E-state index contributed by atoms with van der Waals surface area (Å²) in [5.41, 5.74) is 0.892. The van der Waals surface area contributed by atoms with E-state index < -0.39 is 6.10 Å². The molecule has 1 N–H and O–H groups in total. The van der Waals surface area contributed by atoms with Gasteiger partial charge < -0.3 is 14.7 Å². The lowest BCUT2D eigenvalue weighted by Crippen LogP contribution is -2.51. The Morgan fingerprint density at radius 3 is 2.64 bits per heavy atom. The van der Waals surface area contributed by atoms with Crippen LogP contribution in [-0.4, -0.2) is 41.7 Å². The summed E-state index contributed by atoms with van der Waals surface area (Å²) in [4.78, 5) is 14.6. The third kappa shape index (κ3) is 4.08. The van der Waals surface area contributed by atoms with Crippen molar-refractivity contribution < 1.29 is 14.6 Å². The normalized spacial score (nSPS) is 20.2. The van der Waals surface area contributed by atoms with Crippen molar-refractivity contribution in [1.29, 1.82) is 0 Å². The fraction of sp³-hybridized carbons (Fsp3) is 0.611. The fourth-order valence-corrected chi connectivity index (χ4v) is 3.08. The predicted octanol–water partition coefficient (Wildman–Crippen LogP) is 2.77. The van der Waals surface area contributed by atoms with E-state index in [1.807, 2.05) is 35.2 Å². The molecule has 4 nitrogen and oxygen atoms in total. The van der Waals surface area contributed by atoms with Crippen LogP contribution in [0.4, 0.5) is 0 Å². The van der Waals surface area contributed by atoms with E-state index in [0.29, 0.717) is 26.2 Å². The Morgan fingerprint density at radius 1 is 1.32 bits per heavy atom. The highest BCUT2D eigenvalue weighted by Crippen LogP contribution is 2.24. The smallest absolute Gasteiger partial charge is 0.226 e. The number of carbonyl (C=O) groups excluding carboxylic acids is 1. The predicted molar refractivity (Wildman–Crippen MR) is 86.4 cm³/mol. The first kappa shape index (κ1) is 17.0. The number of hydrogen-bond donors (Lipinski definition) is 1. The van der Waals surface area contributed by atoms with Gasteiger partial charge in [-0.15, -0.1) is 0 Å². The third-order valence-corrected chi connectivity index (χ3v) is 4.53. The molecule has 2 atom stereocenters. The minimum absolute atomic E-state index is 0.0444. The van der Waals surface area contributed by atoms with Crippen molar-refractivity contribution >= 4 is 5.91 Å². The number of rotatable bonds is 6. The van der Waals surface area contributed by atoms with Crippen LogP contribution in [0.25, 0.3) is 0 Å². The molecule has 1 fully saturated rings. The van der Waals surface area contributed by atoms with E-state index in [4.69, 9.17) is 4.74 Å². The average molecular weight is 305 g/mol. The number of carbonyl (C=O) groups is 1. The number of aliphatic hydroxyl groups excluding tert-OH is 1. The molecule has 0 radical (unpaired) electrons. The number of morpholine rings is 1. The van der Waals surface area contributed by atoms with Gasteiger partial charge in [0.25, 0.3) is 0 Å². The third-order valence-electron chi connectivity index (χ3n) is 4.53. The van der Waals surface area contributed by atoms with Crippen molar-refractivity contribution in [3.63, 3.8) is 0 Å². The summed E-state index contributed by atoms with van der Waals surface area (Å²) in [6.45, 7) is 5.84. The van der Waals surface area contributed by atoms with Gasteiger partial charge >= 0.3 is 0 Å². The first-order chi connectivity index (χ1) is 10.7. The summed E-state index contributed by atoms with van der Waals surface area (Å²) < 4.78 is 5.54. The quantitative estimate of drug-likeness (QED) is 0.879. The van der Waals surface area contributed by atoms with Crippen molar-refractivity contribution in [2.45, 2.75) is 45.3 Å². The van der Waals surface area contributed by atoms with E-state index in [-0.39, 0.29) is 17.9 Å². The molecule has 2 rings (SSSR count). The molecule has 1 aromatic rings. The van der Waals surface area contributed by atoms with Crippen LogP contribution in [0.3, 0.4) is 0 Å². The van der Waals surface area contributed by atoms with E-state index in [2.05, 4.69) is 13.8 Å². The second-order valence-corrected chi connectivity index (χ2v) is 5.94. The molecule has 0 aromatic heterocycles. The van der Waals surface area contributed by atoms with Gasteiger partial charge in [-0.3, -0.25) is 4.79 Å². The van der Waals surface area contributed by atoms with E-state index in [0.717, 1.165) is 18.4 Å². The van der Waals surface area contributed by atoms with Crippen LogP contribution in [0.2, 0.25) is 0 Å². The second-order valence-electron chi connectivity index (χ2n) is 5.94. The van der Waals surface area contributed by atoms with Gasteiger partial charge in [-0.2, -0.15) is 0 Å². The maximum absolute atomic E-state index is 12.7. The van der Waals surface area contributed by atoms with Crippen LogP contribution < -0.4 is 0 Å². The van der Waals surface area contributed by atoms with Crippen LogP contribution in [0, 0.1) is 5.92 Å². The number of hydrogen-bond acceptors (Lipinski definition) is 3. The molecular formula is C18H27NO3. The van der Waals surface area contributed by atoms with Crippen molar-refractivity contribution in [2.24, 2.45) is 5.92 Å². The zero-order chi connectivity index (χ0) is 15.9. The molecule has 1 saturated heterocycles. The minimum atomic E-state index is -0.565. The van der Waals surface area contributed by atoms with Gasteiger partial charge in [0.15, 0.2) is 0 Å². The Labute approximate surface area is 133 Å². The monoisotopic (exact) mass is 305 g/mol. The van der Waals surface area contributed by atoms with Gasteiger partial charge in [0.2, 0.25) is 5.91 Å². The highest BCUT2D eigenvalue weighted by molar-refractivity contribution is 5.79. The molecule has 0 saturated carbocycles. The van der Waals surface area contributed by atoms with E-state index >= 15 is 0 Å². The summed E-state index contributed by atoms with van der Waals surface area (Å²) in [6, 6.07) is 9.56. The summed E-state index contributed by atoms with van der Waals surface area (Å²) in [5, 5.41) is 10.4. The lowest BCUT2D eigenvalue weighted by atomic mass is 9.97. The van der Waals surface area contributed by atoms with E-state index in [1.165, 1.54) is 0 Å². The van der Waals surface area contributed by atoms with Gasteiger partial charge in [0.05, 0.1) is 25.4 Å². The Balaban J connectivity index is 2.05. The maximum Gasteiger partial charge on any atom is 0.226 e. The zero-order valence-electron chi connectivity index (χ0n) is 13.6. The van der Waals surface area contributed by atoms with Gasteiger partial charge in [-0.25, -0.2) is 0 Å². The van der Waals surface area contributed by atoms with E-state index in [1.54, 1.807) is 0 Å². The highest BCUT2D eigenvalue weighted by Gasteiger charge is 2.32. The Bertz CT molecular complexity index is 459. The standard InChI is InChI=1S/C18H27NO3/c1-3-14(4-2)18(21)19-10-11-22-13-16(19)12-17(20)15-8-6-5-7-9-15/h5-9,14,16-17,20H,3-4,10-13H2,1-2H3/t16-,17-/m0/s1. The van der Waals surface area contributed by atoms with Crippen LogP contribution in [0.1, 0.15) is 44.8 Å². The van der Waals surface area contributed by atoms with Crippen molar-refractivity contribution in [1.82, 2.24) is 4.90 Å². The van der Waals surface area contributed by atoms with Crippen LogP contribution in [-0.2, 0) is 9.53 Å². The van der Waals surface area contributed by atoms with Gasteiger partial charge in [0, 0.05) is 18.9 Å². The molecule has 1 aromatic carbocycles.